The summed E-state index contributed by atoms with van der Waals surface area (Å²) in [5.41, 5.74) is 3.66. The summed E-state index contributed by atoms with van der Waals surface area (Å²) in [6.45, 7) is 4.28. The van der Waals surface area contributed by atoms with Crippen LogP contribution >= 0.6 is 11.6 Å². The predicted molar refractivity (Wildman–Crippen MR) is 93.5 cm³/mol. The van der Waals surface area contributed by atoms with Gasteiger partial charge in [0.25, 0.3) is 5.91 Å². The summed E-state index contributed by atoms with van der Waals surface area (Å²) in [4.78, 5) is 16.4. The number of nitrogens with zero attached hydrogens (tertiary/aromatic N) is 2. The van der Waals surface area contributed by atoms with Crippen molar-refractivity contribution in [1.82, 2.24) is 14.7 Å². The Balaban J connectivity index is 1.57. The number of carbonyl (C=O) groups excluding carboxylic acids is 1. The summed E-state index contributed by atoms with van der Waals surface area (Å²) in [6.07, 6.45) is 1.81. The second-order valence-corrected chi connectivity index (χ2v) is 5.96. The number of amides is 1. The first kappa shape index (κ1) is 16.3. The van der Waals surface area contributed by atoms with E-state index in [1.807, 2.05) is 50.4 Å². The Bertz CT molecular complexity index is 889. The maximum Gasteiger partial charge on any atom is 0.258 e. The smallest absolute Gasteiger partial charge is 0.258 e. The molecule has 0 saturated heterocycles. The molecule has 0 unspecified atom stereocenters. The van der Waals surface area contributed by atoms with Gasteiger partial charge in [-0.15, -0.1) is 0 Å². The summed E-state index contributed by atoms with van der Waals surface area (Å²) < 4.78 is 7.36. The van der Waals surface area contributed by atoms with Crippen molar-refractivity contribution >= 4 is 23.2 Å². The Morgan fingerprint density at radius 2 is 2.04 bits per heavy atom. The number of aromatic nitrogens is 2. The molecule has 3 rings (SSSR count). The highest BCUT2D eigenvalue weighted by Crippen LogP contribution is 2.20. The number of rotatable bonds is 5. The number of hydrogen-bond donors (Lipinski definition) is 1. The number of benzene rings is 1. The van der Waals surface area contributed by atoms with Crippen LogP contribution in [0.3, 0.4) is 0 Å². The minimum absolute atomic E-state index is 0.0293. The Morgan fingerprint density at radius 3 is 2.83 bits per heavy atom. The molecule has 0 aliphatic rings. The average Bonchev–Trinajstić information content (AvgIpc) is 2.99. The number of halogens is 1. The molecular weight excluding hydrogens is 326 g/mol. The molecular formula is C18H18ClN3O2. The molecule has 0 saturated carbocycles. The van der Waals surface area contributed by atoms with Gasteiger partial charge in [-0.25, -0.2) is 4.98 Å². The molecule has 1 aromatic carbocycles. The number of nitrogens with one attached hydrogen (secondary N) is 1. The molecule has 24 heavy (non-hydrogen) atoms. The molecule has 0 atom stereocenters. The number of aryl methyl sites for hydroxylation is 1. The summed E-state index contributed by atoms with van der Waals surface area (Å²) >= 11 is 6.09. The molecule has 2 heterocycles. The van der Waals surface area contributed by atoms with Gasteiger partial charge in [0.1, 0.15) is 16.5 Å². The van der Waals surface area contributed by atoms with Gasteiger partial charge in [-0.05, 0) is 43.2 Å². The summed E-state index contributed by atoms with van der Waals surface area (Å²) in [5.74, 6) is 0.531. The van der Waals surface area contributed by atoms with Crippen molar-refractivity contribution in [1.29, 1.82) is 0 Å². The number of ether oxygens (including phenoxy) is 1. The van der Waals surface area contributed by atoms with Crippen LogP contribution in [0.2, 0.25) is 5.15 Å². The lowest BCUT2D eigenvalue weighted by atomic mass is 10.1. The van der Waals surface area contributed by atoms with Crippen molar-refractivity contribution in [3.63, 3.8) is 0 Å². The average molecular weight is 344 g/mol. The lowest BCUT2D eigenvalue weighted by Gasteiger charge is -2.10. The summed E-state index contributed by atoms with van der Waals surface area (Å²) in [6, 6.07) is 11.3. The SMILES string of the molecule is Cc1cccc(OCC(=O)NCc2cn3c(Cl)cccc3n2)c1C. The van der Waals surface area contributed by atoms with Crippen LogP contribution in [0.4, 0.5) is 0 Å². The van der Waals surface area contributed by atoms with Crippen LogP contribution in [0.15, 0.2) is 42.6 Å². The molecule has 0 aliphatic heterocycles. The van der Waals surface area contributed by atoms with E-state index in [4.69, 9.17) is 16.3 Å². The molecule has 1 N–H and O–H groups in total. The Kier molecular flexibility index (Phi) is 4.71. The molecule has 6 heteroatoms. The fourth-order valence-electron chi connectivity index (χ4n) is 2.38. The van der Waals surface area contributed by atoms with Gasteiger partial charge < -0.3 is 10.1 Å². The summed E-state index contributed by atoms with van der Waals surface area (Å²) in [5, 5.41) is 3.38. The predicted octanol–water partition coefficient (Wildman–Crippen LogP) is 3.30. The molecule has 0 fully saturated rings. The number of fused-ring (bicyclic) bond motifs is 1. The molecule has 1 amide bonds. The second kappa shape index (κ2) is 6.93. The van der Waals surface area contributed by atoms with E-state index < -0.39 is 0 Å². The van der Waals surface area contributed by atoms with Crippen molar-refractivity contribution in [3.8, 4) is 5.75 Å². The standard InChI is InChI=1S/C18H18ClN3O2/c1-12-5-3-6-15(13(12)2)24-11-18(23)20-9-14-10-22-16(19)7-4-8-17(22)21-14/h3-8,10H,9,11H2,1-2H3,(H,20,23). The zero-order chi connectivity index (χ0) is 17.1. The van der Waals surface area contributed by atoms with E-state index in [-0.39, 0.29) is 12.5 Å². The fourth-order valence-corrected chi connectivity index (χ4v) is 2.58. The van der Waals surface area contributed by atoms with Crippen LogP contribution in [-0.2, 0) is 11.3 Å². The van der Waals surface area contributed by atoms with Crippen LogP contribution < -0.4 is 10.1 Å². The van der Waals surface area contributed by atoms with E-state index in [1.165, 1.54) is 0 Å². The molecule has 124 valence electrons. The zero-order valence-electron chi connectivity index (χ0n) is 13.5. The zero-order valence-corrected chi connectivity index (χ0v) is 14.3. The quantitative estimate of drug-likeness (QED) is 0.723. The molecule has 0 spiro atoms. The van der Waals surface area contributed by atoms with Gasteiger partial charge in [-0.2, -0.15) is 0 Å². The van der Waals surface area contributed by atoms with Crippen LogP contribution in [0.25, 0.3) is 5.65 Å². The topological polar surface area (TPSA) is 55.6 Å². The highest BCUT2D eigenvalue weighted by molar-refractivity contribution is 6.29. The number of hydrogen-bond acceptors (Lipinski definition) is 3. The monoisotopic (exact) mass is 343 g/mol. The maximum absolute atomic E-state index is 12.0. The lowest BCUT2D eigenvalue weighted by molar-refractivity contribution is -0.123. The van der Waals surface area contributed by atoms with Crippen molar-refractivity contribution in [3.05, 3.63) is 64.6 Å². The maximum atomic E-state index is 12.0. The van der Waals surface area contributed by atoms with Crippen molar-refractivity contribution in [2.45, 2.75) is 20.4 Å². The normalized spacial score (nSPS) is 10.8. The Hall–Kier alpha value is -2.53. The van der Waals surface area contributed by atoms with Gasteiger partial charge in [-0.1, -0.05) is 29.8 Å². The van der Waals surface area contributed by atoms with Gasteiger partial charge >= 0.3 is 0 Å². The minimum Gasteiger partial charge on any atom is -0.483 e. The van der Waals surface area contributed by atoms with Gasteiger partial charge in [0.05, 0.1) is 12.2 Å². The highest BCUT2D eigenvalue weighted by atomic mass is 35.5. The molecule has 2 aromatic heterocycles. The van der Waals surface area contributed by atoms with Gasteiger partial charge in [0, 0.05) is 6.20 Å². The third kappa shape index (κ3) is 3.51. The molecule has 3 aromatic rings. The number of carbonyl (C=O) groups is 1. The van der Waals surface area contributed by atoms with E-state index in [0.29, 0.717) is 11.7 Å². The highest BCUT2D eigenvalue weighted by Gasteiger charge is 2.08. The van der Waals surface area contributed by atoms with E-state index >= 15 is 0 Å². The fraction of sp³-hybridized carbons (Fsp3) is 0.222. The minimum atomic E-state index is -0.195. The first-order chi connectivity index (χ1) is 11.5. The largest absolute Gasteiger partial charge is 0.483 e. The van der Waals surface area contributed by atoms with Crippen molar-refractivity contribution < 1.29 is 9.53 Å². The van der Waals surface area contributed by atoms with E-state index in [0.717, 1.165) is 28.2 Å². The Labute approximate surface area is 145 Å². The summed E-state index contributed by atoms with van der Waals surface area (Å²) in [7, 11) is 0. The van der Waals surface area contributed by atoms with Crippen LogP contribution in [0.5, 0.6) is 5.75 Å². The lowest BCUT2D eigenvalue weighted by Crippen LogP contribution is -2.28. The van der Waals surface area contributed by atoms with Crippen molar-refractivity contribution in [2.24, 2.45) is 0 Å². The molecule has 5 nitrogen and oxygen atoms in total. The second-order valence-electron chi connectivity index (χ2n) is 5.57. The first-order valence-corrected chi connectivity index (χ1v) is 8.00. The van der Waals surface area contributed by atoms with Gasteiger partial charge in [0.2, 0.25) is 0 Å². The van der Waals surface area contributed by atoms with Crippen LogP contribution in [-0.4, -0.2) is 21.9 Å². The molecule has 0 bridgehead atoms. The van der Waals surface area contributed by atoms with Crippen LogP contribution in [0.1, 0.15) is 16.8 Å². The number of imidazole rings is 1. The van der Waals surface area contributed by atoms with E-state index in [2.05, 4.69) is 10.3 Å². The third-order valence-electron chi connectivity index (χ3n) is 3.87. The Morgan fingerprint density at radius 1 is 1.25 bits per heavy atom. The van der Waals surface area contributed by atoms with Crippen molar-refractivity contribution in [2.75, 3.05) is 6.61 Å². The van der Waals surface area contributed by atoms with Gasteiger partial charge in [-0.3, -0.25) is 9.20 Å². The number of pyridine rings is 1. The molecule has 0 radical (unpaired) electrons. The first-order valence-electron chi connectivity index (χ1n) is 7.63. The third-order valence-corrected chi connectivity index (χ3v) is 4.18. The van der Waals surface area contributed by atoms with E-state index in [1.54, 1.807) is 10.5 Å². The van der Waals surface area contributed by atoms with Crippen LogP contribution in [0, 0.1) is 13.8 Å². The van der Waals surface area contributed by atoms with Gasteiger partial charge in [0.15, 0.2) is 6.61 Å². The van der Waals surface area contributed by atoms with E-state index in [9.17, 15) is 4.79 Å². The molecule has 0 aliphatic carbocycles.